The van der Waals surface area contributed by atoms with E-state index in [-0.39, 0.29) is 6.10 Å². The number of aryl methyl sites for hydroxylation is 1. The summed E-state index contributed by atoms with van der Waals surface area (Å²) in [4.78, 5) is 8.23. The van der Waals surface area contributed by atoms with Gasteiger partial charge in [0.15, 0.2) is 0 Å². The molecule has 82 valence electrons. The lowest BCUT2D eigenvalue weighted by molar-refractivity contribution is 0.148. The van der Waals surface area contributed by atoms with Crippen LogP contribution in [0.1, 0.15) is 18.5 Å². The molecule has 5 heteroatoms. The molecule has 0 amide bonds. The van der Waals surface area contributed by atoms with Gasteiger partial charge in [0.25, 0.3) is 0 Å². The Balaban J connectivity index is 2.02. The molecule has 1 aliphatic heterocycles. The summed E-state index contributed by atoms with van der Waals surface area (Å²) in [7, 11) is 0. The van der Waals surface area contributed by atoms with E-state index >= 15 is 0 Å². The van der Waals surface area contributed by atoms with Crippen molar-refractivity contribution in [3.8, 4) is 6.01 Å². The molecule has 1 fully saturated rings. The third-order valence-corrected chi connectivity index (χ3v) is 2.55. The second-order valence-corrected chi connectivity index (χ2v) is 4.07. The van der Waals surface area contributed by atoms with Crippen molar-refractivity contribution in [1.82, 2.24) is 15.3 Å². The summed E-state index contributed by atoms with van der Waals surface area (Å²) in [5.41, 5.74) is 0.832. The first kappa shape index (κ1) is 10.6. The van der Waals surface area contributed by atoms with Gasteiger partial charge in [-0.25, -0.2) is 4.98 Å². The first-order chi connectivity index (χ1) is 7.24. The van der Waals surface area contributed by atoms with Crippen molar-refractivity contribution in [2.24, 2.45) is 0 Å². The molecule has 0 radical (unpaired) electrons. The topological polar surface area (TPSA) is 47.0 Å². The van der Waals surface area contributed by atoms with Gasteiger partial charge >= 0.3 is 6.01 Å². The zero-order chi connectivity index (χ0) is 10.7. The lowest BCUT2D eigenvalue weighted by Crippen LogP contribution is -2.34. The predicted molar refractivity (Wildman–Crippen MR) is 58.3 cm³/mol. The number of rotatable bonds is 2. The van der Waals surface area contributed by atoms with Crippen molar-refractivity contribution in [2.45, 2.75) is 25.9 Å². The molecular weight excluding hydrogens is 214 g/mol. The number of aromatic nitrogens is 2. The monoisotopic (exact) mass is 227 g/mol. The van der Waals surface area contributed by atoms with Crippen LogP contribution < -0.4 is 10.1 Å². The Labute approximate surface area is 94.0 Å². The highest BCUT2D eigenvalue weighted by molar-refractivity contribution is 6.29. The van der Waals surface area contributed by atoms with Gasteiger partial charge in [-0.15, -0.1) is 0 Å². The SMILES string of the molecule is Cc1cc(Cl)nc(OC2CCNCC2)n1. The van der Waals surface area contributed by atoms with Crippen LogP contribution in [-0.2, 0) is 0 Å². The van der Waals surface area contributed by atoms with Crippen molar-refractivity contribution in [1.29, 1.82) is 0 Å². The van der Waals surface area contributed by atoms with Crippen LogP contribution in [-0.4, -0.2) is 29.2 Å². The quantitative estimate of drug-likeness (QED) is 0.780. The third-order valence-electron chi connectivity index (χ3n) is 2.36. The Morgan fingerprint density at radius 2 is 2.13 bits per heavy atom. The maximum atomic E-state index is 5.82. The Bertz CT molecular complexity index is 319. The summed E-state index contributed by atoms with van der Waals surface area (Å²) < 4.78 is 5.67. The fourth-order valence-electron chi connectivity index (χ4n) is 1.62. The Morgan fingerprint density at radius 1 is 1.40 bits per heavy atom. The molecular formula is C10H14ClN3O. The van der Waals surface area contributed by atoms with E-state index in [1.807, 2.05) is 6.92 Å². The maximum absolute atomic E-state index is 5.82. The number of piperidine rings is 1. The minimum Gasteiger partial charge on any atom is -0.460 e. The lowest BCUT2D eigenvalue weighted by Gasteiger charge is -2.22. The molecule has 0 unspecified atom stereocenters. The Kier molecular flexibility index (Phi) is 3.38. The smallest absolute Gasteiger partial charge is 0.318 e. The Hall–Kier alpha value is -0.870. The largest absolute Gasteiger partial charge is 0.460 e. The normalized spacial score (nSPS) is 17.7. The first-order valence-corrected chi connectivity index (χ1v) is 5.50. The summed E-state index contributed by atoms with van der Waals surface area (Å²) in [5.74, 6) is 0. The van der Waals surface area contributed by atoms with Gasteiger partial charge < -0.3 is 10.1 Å². The summed E-state index contributed by atoms with van der Waals surface area (Å²) in [5, 5.41) is 3.71. The standard InChI is InChI=1S/C10H14ClN3O/c1-7-6-9(11)14-10(13-7)15-8-2-4-12-5-3-8/h6,8,12H,2-5H2,1H3. The van der Waals surface area contributed by atoms with Gasteiger partial charge in [-0.3, -0.25) is 0 Å². The molecule has 1 aromatic rings. The second-order valence-electron chi connectivity index (χ2n) is 3.68. The summed E-state index contributed by atoms with van der Waals surface area (Å²) in [6.45, 7) is 3.86. The summed E-state index contributed by atoms with van der Waals surface area (Å²) >= 11 is 5.82. The van der Waals surface area contributed by atoms with Gasteiger partial charge in [-0.1, -0.05) is 11.6 Å². The van der Waals surface area contributed by atoms with Crippen LogP contribution >= 0.6 is 11.6 Å². The zero-order valence-electron chi connectivity index (χ0n) is 8.66. The van der Waals surface area contributed by atoms with E-state index in [1.165, 1.54) is 0 Å². The summed E-state index contributed by atoms with van der Waals surface area (Å²) in [6, 6.07) is 2.11. The van der Waals surface area contributed by atoms with E-state index < -0.39 is 0 Å². The van der Waals surface area contributed by atoms with E-state index in [9.17, 15) is 0 Å². The van der Waals surface area contributed by atoms with Crippen molar-refractivity contribution in [2.75, 3.05) is 13.1 Å². The van der Waals surface area contributed by atoms with Crippen LogP contribution in [0.2, 0.25) is 5.15 Å². The number of halogens is 1. The average Bonchev–Trinajstić information content (AvgIpc) is 2.17. The molecule has 0 spiro atoms. The van der Waals surface area contributed by atoms with Crippen molar-refractivity contribution in [3.63, 3.8) is 0 Å². The zero-order valence-corrected chi connectivity index (χ0v) is 9.42. The van der Waals surface area contributed by atoms with E-state index in [0.717, 1.165) is 31.6 Å². The van der Waals surface area contributed by atoms with Crippen LogP contribution in [0.3, 0.4) is 0 Å². The van der Waals surface area contributed by atoms with Crippen molar-refractivity contribution < 1.29 is 4.74 Å². The number of nitrogens with one attached hydrogen (secondary N) is 1. The van der Waals surface area contributed by atoms with E-state index in [1.54, 1.807) is 6.07 Å². The van der Waals surface area contributed by atoms with Gasteiger partial charge in [-0.05, 0) is 38.9 Å². The minimum atomic E-state index is 0.212. The molecule has 0 saturated carbocycles. The van der Waals surface area contributed by atoms with Crippen LogP contribution in [0.25, 0.3) is 0 Å². The van der Waals surface area contributed by atoms with E-state index in [2.05, 4.69) is 15.3 Å². The van der Waals surface area contributed by atoms with Gasteiger partial charge in [-0.2, -0.15) is 4.98 Å². The average molecular weight is 228 g/mol. The fraction of sp³-hybridized carbons (Fsp3) is 0.600. The maximum Gasteiger partial charge on any atom is 0.318 e. The molecule has 1 saturated heterocycles. The van der Waals surface area contributed by atoms with Crippen molar-refractivity contribution in [3.05, 3.63) is 16.9 Å². The number of hydrogen-bond donors (Lipinski definition) is 1. The molecule has 15 heavy (non-hydrogen) atoms. The first-order valence-electron chi connectivity index (χ1n) is 5.12. The minimum absolute atomic E-state index is 0.212. The summed E-state index contributed by atoms with van der Waals surface area (Å²) in [6.07, 6.45) is 2.20. The number of hydrogen-bond acceptors (Lipinski definition) is 4. The second kappa shape index (κ2) is 4.77. The molecule has 0 bridgehead atoms. The highest BCUT2D eigenvalue weighted by atomic mass is 35.5. The van der Waals surface area contributed by atoms with Gasteiger partial charge in [0, 0.05) is 5.69 Å². The molecule has 1 aromatic heterocycles. The molecule has 0 aliphatic carbocycles. The van der Waals surface area contributed by atoms with Crippen LogP contribution in [0.5, 0.6) is 6.01 Å². The molecule has 1 aliphatic rings. The lowest BCUT2D eigenvalue weighted by atomic mass is 10.1. The molecule has 1 N–H and O–H groups in total. The van der Waals surface area contributed by atoms with Crippen LogP contribution in [0.15, 0.2) is 6.07 Å². The highest BCUT2D eigenvalue weighted by Crippen LogP contribution is 2.15. The van der Waals surface area contributed by atoms with Gasteiger partial charge in [0.05, 0.1) is 0 Å². The van der Waals surface area contributed by atoms with Gasteiger partial charge in [0.1, 0.15) is 11.3 Å². The highest BCUT2D eigenvalue weighted by Gasteiger charge is 2.15. The van der Waals surface area contributed by atoms with Crippen LogP contribution in [0, 0.1) is 6.92 Å². The molecule has 2 rings (SSSR count). The van der Waals surface area contributed by atoms with E-state index in [0.29, 0.717) is 11.2 Å². The van der Waals surface area contributed by atoms with Gasteiger partial charge in [0.2, 0.25) is 0 Å². The fourth-order valence-corrected chi connectivity index (χ4v) is 1.85. The number of ether oxygens (including phenoxy) is 1. The Morgan fingerprint density at radius 3 is 2.80 bits per heavy atom. The van der Waals surface area contributed by atoms with Crippen molar-refractivity contribution >= 4 is 11.6 Å². The molecule has 0 aromatic carbocycles. The number of nitrogens with zero attached hydrogens (tertiary/aromatic N) is 2. The molecule has 4 nitrogen and oxygen atoms in total. The third kappa shape index (κ3) is 3.04. The van der Waals surface area contributed by atoms with E-state index in [4.69, 9.17) is 16.3 Å². The molecule has 0 atom stereocenters. The predicted octanol–water partition coefficient (Wildman–Crippen LogP) is 1.57. The van der Waals surface area contributed by atoms with Crippen LogP contribution in [0.4, 0.5) is 0 Å². The molecule has 2 heterocycles.